The number of carbonyl (C=O) groups is 1. The van der Waals surface area contributed by atoms with Gasteiger partial charge in [0.15, 0.2) is 16.7 Å². The van der Waals surface area contributed by atoms with Crippen LogP contribution in [0.4, 0.5) is 10.1 Å². The highest BCUT2D eigenvalue weighted by Gasteiger charge is 2.22. The van der Waals surface area contributed by atoms with Crippen molar-refractivity contribution in [2.45, 2.75) is 24.7 Å². The lowest BCUT2D eigenvalue weighted by atomic mass is 10.1. The van der Waals surface area contributed by atoms with E-state index in [0.717, 1.165) is 41.1 Å². The number of carbonyl (C=O) groups excluding carboxylic acids is 1. The fraction of sp³-hybridized carbons (Fsp3) is 0.261. The molecule has 0 saturated carbocycles. The van der Waals surface area contributed by atoms with E-state index in [2.05, 4.69) is 20.2 Å². The topological polar surface area (TPSA) is 96.6 Å². The zero-order valence-corrected chi connectivity index (χ0v) is 18.4. The molecule has 0 radical (unpaired) electrons. The van der Waals surface area contributed by atoms with Gasteiger partial charge in [-0.3, -0.25) is 14.5 Å². The third kappa shape index (κ3) is 4.86. The number of nitrogens with zero attached hydrogens (tertiary/aromatic N) is 2. The van der Waals surface area contributed by atoms with Crippen LogP contribution in [-0.2, 0) is 24.3 Å². The average molecular weight is 469 g/mol. The number of aromatic nitrogens is 2. The van der Waals surface area contributed by atoms with E-state index in [1.54, 1.807) is 12.1 Å². The van der Waals surface area contributed by atoms with Gasteiger partial charge in [-0.2, -0.15) is 0 Å². The van der Waals surface area contributed by atoms with Crippen LogP contribution in [0.1, 0.15) is 16.8 Å². The number of halogens is 1. The first-order chi connectivity index (χ1) is 16.0. The number of rotatable bonds is 6. The second-order valence-electron chi connectivity index (χ2n) is 7.76. The van der Waals surface area contributed by atoms with Crippen molar-refractivity contribution in [2.75, 3.05) is 24.4 Å². The Labute approximate surface area is 193 Å². The van der Waals surface area contributed by atoms with Gasteiger partial charge in [0.05, 0.1) is 22.7 Å². The van der Waals surface area contributed by atoms with E-state index in [-0.39, 0.29) is 29.7 Å². The van der Waals surface area contributed by atoms with Crippen LogP contribution in [0, 0.1) is 5.82 Å². The molecule has 3 heterocycles. The summed E-state index contributed by atoms with van der Waals surface area (Å²) < 4.78 is 24.5. The van der Waals surface area contributed by atoms with E-state index in [0.29, 0.717) is 30.2 Å². The number of anilines is 1. The number of hydrogen-bond acceptors (Lipinski definition) is 7. The molecule has 1 aromatic heterocycles. The lowest BCUT2D eigenvalue weighted by molar-refractivity contribution is -0.113. The number of benzene rings is 2. The molecule has 0 unspecified atom stereocenters. The molecule has 170 valence electrons. The maximum absolute atomic E-state index is 13.7. The van der Waals surface area contributed by atoms with Gasteiger partial charge in [0.1, 0.15) is 5.82 Å². The summed E-state index contributed by atoms with van der Waals surface area (Å²) in [6.07, 6.45) is 0.638. The first kappa shape index (κ1) is 21.5. The maximum Gasteiger partial charge on any atom is 0.256 e. The van der Waals surface area contributed by atoms with Crippen molar-refractivity contribution in [2.24, 2.45) is 0 Å². The van der Waals surface area contributed by atoms with Gasteiger partial charge in [0.25, 0.3) is 5.56 Å². The van der Waals surface area contributed by atoms with E-state index < -0.39 is 5.82 Å². The minimum Gasteiger partial charge on any atom is -0.454 e. The van der Waals surface area contributed by atoms with Gasteiger partial charge in [-0.1, -0.05) is 30.0 Å². The molecule has 8 nitrogen and oxygen atoms in total. The molecule has 33 heavy (non-hydrogen) atoms. The van der Waals surface area contributed by atoms with Crippen LogP contribution in [0.5, 0.6) is 11.5 Å². The van der Waals surface area contributed by atoms with Gasteiger partial charge in [-0.15, -0.1) is 0 Å². The Hall–Kier alpha value is -3.37. The van der Waals surface area contributed by atoms with E-state index in [9.17, 15) is 14.0 Å². The van der Waals surface area contributed by atoms with Crippen molar-refractivity contribution >= 4 is 23.4 Å². The Morgan fingerprint density at radius 1 is 1.21 bits per heavy atom. The van der Waals surface area contributed by atoms with Crippen molar-refractivity contribution < 1.29 is 18.7 Å². The Morgan fingerprint density at radius 3 is 2.94 bits per heavy atom. The molecule has 10 heteroatoms. The van der Waals surface area contributed by atoms with Crippen LogP contribution < -0.4 is 20.3 Å². The van der Waals surface area contributed by atoms with Crippen molar-refractivity contribution in [3.63, 3.8) is 0 Å². The van der Waals surface area contributed by atoms with E-state index in [1.165, 1.54) is 12.1 Å². The second-order valence-corrected chi connectivity index (χ2v) is 8.73. The fourth-order valence-electron chi connectivity index (χ4n) is 3.84. The van der Waals surface area contributed by atoms with Gasteiger partial charge in [0, 0.05) is 26.1 Å². The van der Waals surface area contributed by atoms with Crippen molar-refractivity contribution in [1.82, 2.24) is 14.9 Å². The van der Waals surface area contributed by atoms with Gasteiger partial charge in [-0.25, -0.2) is 9.37 Å². The number of para-hydroxylation sites is 1. The van der Waals surface area contributed by atoms with E-state index in [4.69, 9.17) is 9.47 Å². The Kier molecular flexibility index (Phi) is 6.01. The van der Waals surface area contributed by atoms with Crippen molar-refractivity contribution in [3.8, 4) is 11.5 Å². The molecule has 2 aliphatic rings. The zero-order chi connectivity index (χ0) is 22.8. The summed E-state index contributed by atoms with van der Waals surface area (Å²) in [4.78, 5) is 34.4. The van der Waals surface area contributed by atoms with Crippen LogP contribution in [-0.4, -0.2) is 39.9 Å². The SMILES string of the molecule is O=C(CSc1nc2c(c(=O)[nH]1)CN(Cc1ccc3c(c1)OCO3)CC2)Nc1ccccc1F. The molecule has 5 rings (SSSR count). The zero-order valence-electron chi connectivity index (χ0n) is 17.6. The summed E-state index contributed by atoms with van der Waals surface area (Å²) in [5, 5.41) is 2.91. The van der Waals surface area contributed by atoms with Crippen LogP contribution in [0.3, 0.4) is 0 Å². The van der Waals surface area contributed by atoms with Crippen LogP contribution in [0.15, 0.2) is 52.4 Å². The lowest BCUT2D eigenvalue weighted by Crippen LogP contribution is -2.35. The molecular formula is C23H21FN4O4S. The number of nitrogens with one attached hydrogen (secondary N) is 2. The van der Waals surface area contributed by atoms with Crippen LogP contribution >= 0.6 is 11.8 Å². The molecule has 2 aromatic carbocycles. The standard InChI is InChI=1S/C23H21FN4O4S/c24-16-3-1-2-4-18(16)25-21(29)12-33-23-26-17-7-8-28(11-15(17)22(30)27-23)10-14-5-6-19-20(9-14)32-13-31-19/h1-6,9H,7-8,10-13H2,(H,25,29)(H,26,27,30). The summed E-state index contributed by atoms with van der Waals surface area (Å²) in [7, 11) is 0. The number of fused-ring (bicyclic) bond motifs is 2. The Bertz CT molecular complexity index is 1270. The minimum absolute atomic E-state index is 0.00625. The van der Waals surface area contributed by atoms with Gasteiger partial charge in [0.2, 0.25) is 12.7 Å². The minimum atomic E-state index is -0.499. The molecule has 0 fully saturated rings. The molecule has 0 atom stereocenters. The van der Waals surface area contributed by atoms with E-state index >= 15 is 0 Å². The monoisotopic (exact) mass is 468 g/mol. The predicted octanol–water partition coefficient (Wildman–Crippen LogP) is 2.93. The number of amides is 1. The van der Waals surface area contributed by atoms with Crippen molar-refractivity contribution in [1.29, 1.82) is 0 Å². The van der Waals surface area contributed by atoms with Gasteiger partial charge in [-0.05, 0) is 29.8 Å². The molecule has 0 spiro atoms. The predicted molar refractivity (Wildman–Crippen MR) is 121 cm³/mol. The van der Waals surface area contributed by atoms with Crippen molar-refractivity contribution in [3.05, 3.63) is 75.5 Å². The normalized spacial score (nSPS) is 14.7. The summed E-state index contributed by atoms with van der Waals surface area (Å²) >= 11 is 1.11. The highest BCUT2D eigenvalue weighted by Crippen LogP contribution is 2.33. The molecule has 2 aliphatic heterocycles. The molecular weight excluding hydrogens is 447 g/mol. The maximum atomic E-state index is 13.7. The Balaban J connectivity index is 1.21. The summed E-state index contributed by atoms with van der Waals surface area (Å²) in [6, 6.07) is 11.8. The van der Waals surface area contributed by atoms with Gasteiger partial charge < -0.3 is 19.8 Å². The molecule has 3 aromatic rings. The van der Waals surface area contributed by atoms with E-state index in [1.807, 2.05) is 18.2 Å². The average Bonchev–Trinajstić information content (AvgIpc) is 3.28. The molecule has 0 saturated heterocycles. The summed E-state index contributed by atoms with van der Waals surface area (Å²) in [5.74, 6) is 0.620. The Morgan fingerprint density at radius 2 is 2.06 bits per heavy atom. The van der Waals surface area contributed by atoms with Crippen LogP contribution in [0.2, 0.25) is 0 Å². The molecule has 2 N–H and O–H groups in total. The second kappa shape index (κ2) is 9.24. The number of hydrogen-bond donors (Lipinski definition) is 2. The number of ether oxygens (including phenoxy) is 2. The highest BCUT2D eigenvalue weighted by molar-refractivity contribution is 7.99. The lowest BCUT2D eigenvalue weighted by Gasteiger charge is -2.27. The highest BCUT2D eigenvalue weighted by atomic mass is 32.2. The van der Waals surface area contributed by atoms with Gasteiger partial charge >= 0.3 is 0 Å². The molecule has 0 bridgehead atoms. The molecule has 1 amide bonds. The third-order valence-corrected chi connectivity index (χ3v) is 6.33. The largest absolute Gasteiger partial charge is 0.454 e. The van der Waals surface area contributed by atoms with Crippen LogP contribution in [0.25, 0.3) is 0 Å². The quantitative estimate of drug-likeness (QED) is 0.424. The first-order valence-corrected chi connectivity index (χ1v) is 11.4. The number of aromatic amines is 1. The summed E-state index contributed by atoms with van der Waals surface area (Å²) in [6.45, 7) is 2.17. The first-order valence-electron chi connectivity index (χ1n) is 10.5. The third-order valence-electron chi connectivity index (χ3n) is 5.46. The fourth-order valence-corrected chi connectivity index (χ4v) is 4.52. The number of H-pyrrole nitrogens is 1. The smallest absolute Gasteiger partial charge is 0.256 e. The number of thioether (sulfide) groups is 1. The molecule has 0 aliphatic carbocycles. The summed E-state index contributed by atoms with van der Waals surface area (Å²) in [5.41, 5.74) is 2.39.